The number of rotatable bonds is 7. The predicted octanol–water partition coefficient (Wildman–Crippen LogP) is 3.92. The Morgan fingerprint density at radius 2 is 1.83 bits per heavy atom. The van der Waals surface area contributed by atoms with Crippen LogP contribution < -0.4 is 20.5 Å². The van der Waals surface area contributed by atoms with Gasteiger partial charge in [-0.05, 0) is 49.4 Å². The van der Waals surface area contributed by atoms with Crippen molar-refractivity contribution in [3.63, 3.8) is 0 Å². The average molecular weight is 405 g/mol. The van der Waals surface area contributed by atoms with Gasteiger partial charge in [0.2, 0.25) is 0 Å². The fourth-order valence-electron chi connectivity index (χ4n) is 3.97. The van der Waals surface area contributed by atoms with Gasteiger partial charge in [0.05, 0.1) is 19.9 Å². The minimum atomic E-state index is -0.231. The maximum absolute atomic E-state index is 12.7. The number of aryl methyl sites for hydroxylation is 2. The molecule has 0 unspecified atom stereocenters. The molecule has 30 heavy (non-hydrogen) atoms. The van der Waals surface area contributed by atoms with Gasteiger partial charge >= 0.3 is 5.69 Å². The molecule has 0 amide bonds. The molecule has 4 rings (SSSR count). The Bertz CT molecular complexity index is 1090. The van der Waals surface area contributed by atoms with Crippen LogP contribution in [0.3, 0.4) is 0 Å². The third kappa shape index (κ3) is 4.03. The lowest BCUT2D eigenvalue weighted by Gasteiger charge is -2.24. The van der Waals surface area contributed by atoms with E-state index in [2.05, 4.69) is 41.5 Å². The maximum atomic E-state index is 12.7. The summed E-state index contributed by atoms with van der Waals surface area (Å²) in [6.45, 7) is 2.72. The summed E-state index contributed by atoms with van der Waals surface area (Å²) >= 11 is 0. The summed E-state index contributed by atoms with van der Waals surface area (Å²) in [4.78, 5) is 17.0. The highest BCUT2D eigenvalue weighted by Gasteiger charge is 2.22. The van der Waals surface area contributed by atoms with Gasteiger partial charge < -0.3 is 14.8 Å². The molecule has 1 N–H and O–H groups in total. The molecule has 1 atom stereocenters. The molecule has 3 aromatic rings. The van der Waals surface area contributed by atoms with Crippen LogP contribution in [-0.2, 0) is 19.4 Å². The summed E-state index contributed by atoms with van der Waals surface area (Å²) < 4.78 is 12.6. The molecule has 0 fully saturated rings. The lowest BCUT2D eigenvalue weighted by atomic mass is 9.97. The first kappa shape index (κ1) is 20.0. The van der Waals surface area contributed by atoms with E-state index in [4.69, 9.17) is 9.47 Å². The van der Waals surface area contributed by atoms with Gasteiger partial charge in [-0.3, -0.25) is 4.57 Å². The number of hydrogen-bond acceptors (Lipinski definition) is 5. The highest BCUT2D eigenvalue weighted by atomic mass is 16.5. The zero-order chi connectivity index (χ0) is 21.1. The number of fused-ring (bicyclic) bond motifs is 3. The number of ether oxygens (including phenoxy) is 2. The molecule has 0 aliphatic carbocycles. The van der Waals surface area contributed by atoms with Crippen LogP contribution in [0.1, 0.15) is 24.5 Å². The Balaban J connectivity index is 1.60. The Hall–Kier alpha value is -3.28. The minimum absolute atomic E-state index is 0.189. The summed E-state index contributed by atoms with van der Waals surface area (Å²) in [5, 5.41) is 3.40. The Morgan fingerprint density at radius 1 is 1.10 bits per heavy atom. The number of nitrogens with zero attached hydrogens (tertiary/aromatic N) is 2. The first-order valence-corrected chi connectivity index (χ1v) is 10.3. The highest BCUT2D eigenvalue weighted by Crippen LogP contribution is 2.38. The minimum Gasteiger partial charge on any atom is -0.493 e. The van der Waals surface area contributed by atoms with Crippen molar-refractivity contribution in [3.8, 4) is 22.8 Å². The van der Waals surface area contributed by atoms with Gasteiger partial charge in [0, 0.05) is 24.2 Å². The Kier molecular flexibility index (Phi) is 5.74. The summed E-state index contributed by atoms with van der Waals surface area (Å²) in [5.74, 6) is 1.96. The fraction of sp³-hybridized carbons (Fsp3) is 0.333. The second-order valence-corrected chi connectivity index (χ2v) is 7.64. The molecule has 1 aliphatic rings. The summed E-state index contributed by atoms with van der Waals surface area (Å²) in [6.07, 6.45) is 2.68. The summed E-state index contributed by atoms with van der Waals surface area (Å²) in [6, 6.07) is 16.5. The molecule has 0 bridgehead atoms. The normalized spacial score (nSPS) is 13.2. The SMILES string of the molecule is COc1cc2c(cc1OC)-c1cc(N[C@@H](C)CCc3ccccc3)nc(=O)n1CC2. The molecule has 1 aliphatic heterocycles. The summed E-state index contributed by atoms with van der Waals surface area (Å²) in [5.41, 5.74) is 4.06. The molecule has 2 aromatic carbocycles. The molecule has 0 saturated carbocycles. The van der Waals surface area contributed by atoms with Crippen molar-refractivity contribution in [1.82, 2.24) is 9.55 Å². The zero-order valence-electron chi connectivity index (χ0n) is 17.6. The van der Waals surface area contributed by atoms with Crippen molar-refractivity contribution < 1.29 is 9.47 Å². The Morgan fingerprint density at radius 3 is 2.57 bits per heavy atom. The van der Waals surface area contributed by atoms with Crippen LogP contribution in [0, 0.1) is 0 Å². The van der Waals surface area contributed by atoms with Gasteiger partial charge in [-0.2, -0.15) is 4.98 Å². The van der Waals surface area contributed by atoms with Crippen molar-refractivity contribution in [2.45, 2.75) is 38.8 Å². The van der Waals surface area contributed by atoms with Crippen LogP contribution in [0.25, 0.3) is 11.3 Å². The summed E-state index contributed by atoms with van der Waals surface area (Å²) in [7, 11) is 3.25. The zero-order valence-corrected chi connectivity index (χ0v) is 17.6. The number of aromatic nitrogens is 2. The molecule has 0 spiro atoms. The number of benzene rings is 2. The van der Waals surface area contributed by atoms with Gasteiger partial charge in [-0.25, -0.2) is 4.79 Å². The first-order valence-electron chi connectivity index (χ1n) is 10.3. The second kappa shape index (κ2) is 8.61. The van der Waals surface area contributed by atoms with Crippen molar-refractivity contribution >= 4 is 5.82 Å². The van der Waals surface area contributed by atoms with Crippen LogP contribution in [0.5, 0.6) is 11.5 Å². The van der Waals surface area contributed by atoms with Gasteiger partial charge in [0.1, 0.15) is 5.82 Å². The lowest BCUT2D eigenvalue weighted by molar-refractivity contribution is 0.354. The van der Waals surface area contributed by atoms with Crippen molar-refractivity contribution in [1.29, 1.82) is 0 Å². The third-order valence-electron chi connectivity index (χ3n) is 5.60. The van der Waals surface area contributed by atoms with Gasteiger partial charge in [0.25, 0.3) is 0 Å². The second-order valence-electron chi connectivity index (χ2n) is 7.64. The van der Waals surface area contributed by atoms with Crippen LogP contribution in [0.2, 0.25) is 0 Å². The molecule has 6 heteroatoms. The first-order chi connectivity index (χ1) is 14.6. The van der Waals surface area contributed by atoms with Gasteiger partial charge in [-0.1, -0.05) is 30.3 Å². The molecule has 0 radical (unpaired) electrons. The van der Waals surface area contributed by atoms with E-state index < -0.39 is 0 Å². The third-order valence-corrected chi connectivity index (χ3v) is 5.60. The van der Waals surface area contributed by atoms with E-state index in [1.54, 1.807) is 18.8 Å². The van der Waals surface area contributed by atoms with Gasteiger partial charge in [0.15, 0.2) is 11.5 Å². The van der Waals surface area contributed by atoms with Crippen LogP contribution >= 0.6 is 0 Å². The van der Waals surface area contributed by atoms with E-state index in [0.29, 0.717) is 23.9 Å². The maximum Gasteiger partial charge on any atom is 0.349 e. The van der Waals surface area contributed by atoms with E-state index in [-0.39, 0.29) is 11.7 Å². The standard InChI is InChI=1S/C24H27N3O3/c1-16(9-10-17-7-5-4-6-8-17)25-23-15-20-19-14-22(30-3)21(29-2)13-18(19)11-12-27(20)24(28)26-23/h4-8,13-16H,9-12H2,1-3H3,(H,25,26,28)/t16-/m0/s1. The van der Waals surface area contributed by atoms with E-state index in [9.17, 15) is 4.79 Å². The molecule has 6 nitrogen and oxygen atoms in total. The van der Waals surface area contributed by atoms with Crippen LogP contribution in [0.15, 0.2) is 53.3 Å². The van der Waals surface area contributed by atoms with E-state index in [0.717, 1.165) is 36.1 Å². The van der Waals surface area contributed by atoms with Gasteiger partial charge in [-0.15, -0.1) is 0 Å². The van der Waals surface area contributed by atoms with E-state index in [1.165, 1.54) is 5.56 Å². The average Bonchev–Trinajstić information content (AvgIpc) is 2.77. The molecular formula is C24H27N3O3. The number of hydrogen-bond donors (Lipinski definition) is 1. The molecule has 2 heterocycles. The van der Waals surface area contributed by atoms with Crippen molar-refractivity contribution in [3.05, 3.63) is 70.1 Å². The molecular weight excluding hydrogens is 378 g/mol. The quantitative estimate of drug-likeness (QED) is 0.645. The number of nitrogens with one attached hydrogen (secondary N) is 1. The largest absolute Gasteiger partial charge is 0.493 e. The Labute approximate surface area is 176 Å². The lowest BCUT2D eigenvalue weighted by Crippen LogP contribution is -2.30. The fourth-order valence-corrected chi connectivity index (χ4v) is 3.97. The van der Waals surface area contributed by atoms with Crippen LogP contribution in [0.4, 0.5) is 5.82 Å². The highest BCUT2D eigenvalue weighted by molar-refractivity contribution is 5.71. The molecule has 0 saturated heterocycles. The number of methoxy groups -OCH3 is 2. The monoisotopic (exact) mass is 405 g/mol. The van der Waals surface area contributed by atoms with Crippen LogP contribution in [-0.4, -0.2) is 29.8 Å². The molecule has 1 aromatic heterocycles. The van der Waals surface area contributed by atoms with Crippen molar-refractivity contribution in [2.75, 3.05) is 19.5 Å². The topological polar surface area (TPSA) is 65.4 Å². The van der Waals surface area contributed by atoms with E-state index in [1.807, 2.05) is 24.3 Å². The smallest absolute Gasteiger partial charge is 0.349 e. The number of anilines is 1. The molecule has 156 valence electrons. The predicted molar refractivity (Wildman–Crippen MR) is 119 cm³/mol. The van der Waals surface area contributed by atoms with E-state index >= 15 is 0 Å². The van der Waals surface area contributed by atoms with Crippen molar-refractivity contribution in [2.24, 2.45) is 0 Å².